The van der Waals surface area contributed by atoms with Crippen molar-refractivity contribution < 1.29 is 30.0 Å². The first kappa shape index (κ1) is 29.5. The van der Waals surface area contributed by atoms with Gasteiger partial charge in [0, 0.05) is 6.42 Å². The van der Waals surface area contributed by atoms with Gasteiger partial charge in [0.2, 0.25) is 0 Å². The van der Waals surface area contributed by atoms with E-state index in [4.69, 9.17) is 15.3 Å². The van der Waals surface area contributed by atoms with E-state index in [1.54, 1.807) is 0 Å². The van der Waals surface area contributed by atoms with E-state index in [-0.39, 0.29) is 19.3 Å². The van der Waals surface area contributed by atoms with Crippen molar-refractivity contribution in [2.24, 2.45) is 0 Å². The lowest BCUT2D eigenvalue weighted by Crippen LogP contribution is -2.05. The van der Waals surface area contributed by atoms with Crippen LogP contribution < -0.4 is 0 Å². The second-order valence-corrected chi connectivity index (χ2v) is 7.32. The van der Waals surface area contributed by atoms with E-state index < -0.39 is 5.97 Å². The van der Waals surface area contributed by atoms with Crippen LogP contribution in [0.4, 0.5) is 0 Å². The Labute approximate surface area is 172 Å². The number of rotatable bonds is 20. The molecule has 0 aromatic heterocycles. The monoisotopic (exact) mass is 406 g/mol. The van der Waals surface area contributed by atoms with Gasteiger partial charge in [-0.1, -0.05) is 77.6 Å². The van der Waals surface area contributed by atoms with E-state index in [2.05, 4.69) is 11.7 Å². The molecule has 170 valence electrons. The topological polar surface area (TPSA) is 107 Å². The molecule has 0 aliphatic heterocycles. The second-order valence-electron chi connectivity index (χ2n) is 7.32. The minimum absolute atomic E-state index is 0.0278. The molecule has 0 rings (SSSR count). The molecule has 0 aromatic carbocycles. The highest BCUT2D eigenvalue weighted by molar-refractivity contribution is 5.66. The van der Waals surface area contributed by atoms with Crippen LogP contribution in [0.3, 0.4) is 0 Å². The van der Waals surface area contributed by atoms with Crippen molar-refractivity contribution in [3.8, 4) is 0 Å². The molecule has 1 atom stereocenters. The third-order valence-electron chi connectivity index (χ3n) is 4.54. The Morgan fingerprint density at radius 2 is 1.18 bits per heavy atom. The molecule has 0 saturated carbocycles. The summed E-state index contributed by atoms with van der Waals surface area (Å²) in [5.41, 5.74) is 0. The number of unbranched alkanes of at least 4 members (excludes halogenated alkanes) is 10. The normalized spacial score (nSPS) is 11.7. The Hall–Kier alpha value is -0.690. The molecule has 4 N–H and O–H groups in total. The van der Waals surface area contributed by atoms with Crippen LogP contribution in [0.1, 0.15) is 103 Å². The Morgan fingerprint density at radius 3 is 1.61 bits per heavy atom. The number of aliphatic hydroxyl groups is 3. The van der Waals surface area contributed by atoms with Gasteiger partial charge in [-0.2, -0.15) is 0 Å². The molecule has 0 radical (unpaired) electrons. The Kier molecular flexibility index (Phi) is 27.7. The van der Waals surface area contributed by atoms with Gasteiger partial charge < -0.3 is 25.2 Å². The van der Waals surface area contributed by atoms with Crippen molar-refractivity contribution in [1.29, 1.82) is 0 Å². The maximum Gasteiger partial charge on any atom is 0.303 e. The summed E-state index contributed by atoms with van der Waals surface area (Å²) >= 11 is 0. The lowest BCUT2D eigenvalue weighted by atomic mass is 10.0. The minimum atomic E-state index is -0.678. The summed E-state index contributed by atoms with van der Waals surface area (Å²) in [5, 5.41) is 34.5. The van der Waals surface area contributed by atoms with Crippen molar-refractivity contribution in [3.05, 3.63) is 0 Å². The van der Waals surface area contributed by atoms with E-state index in [0.717, 1.165) is 38.5 Å². The molecule has 0 fully saturated rings. The fraction of sp³-hybridized carbons (Fsp3) is 0.955. The van der Waals surface area contributed by atoms with Crippen molar-refractivity contribution in [2.45, 2.75) is 109 Å². The predicted molar refractivity (Wildman–Crippen MR) is 114 cm³/mol. The summed E-state index contributed by atoms with van der Waals surface area (Å²) in [6.45, 7) is 2.91. The number of carbonyl (C=O) groups is 1. The average molecular weight is 407 g/mol. The molecule has 0 saturated heterocycles. The third-order valence-corrected chi connectivity index (χ3v) is 4.54. The van der Waals surface area contributed by atoms with Crippen LogP contribution in [0.2, 0.25) is 0 Å². The first-order chi connectivity index (χ1) is 13.6. The van der Waals surface area contributed by atoms with Crippen LogP contribution in [0.25, 0.3) is 0 Å². The average Bonchev–Trinajstić information content (AvgIpc) is 2.67. The minimum Gasteiger partial charge on any atom is -0.481 e. The van der Waals surface area contributed by atoms with Crippen LogP contribution in [-0.2, 0) is 9.53 Å². The molecular weight excluding hydrogens is 360 g/mol. The SMILES string of the molecule is CCCCCCC(O)CCCCCCCCCCC(=O)O.OCCOCCO. The summed E-state index contributed by atoms with van der Waals surface area (Å²) in [7, 11) is 0. The predicted octanol–water partition coefficient (Wildman–Crippen LogP) is 4.29. The van der Waals surface area contributed by atoms with Gasteiger partial charge in [-0.3, -0.25) is 4.79 Å². The van der Waals surface area contributed by atoms with Crippen LogP contribution in [0.15, 0.2) is 0 Å². The fourth-order valence-corrected chi connectivity index (χ4v) is 2.90. The number of aliphatic hydroxyl groups excluding tert-OH is 3. The summed E-state index contributed by atoms with van der Waals surface area (Å²) in [6, 6.07) is 0. The molecule has 0 heterocycles. The van der Waals surface area contributed by atoms with Crippen molar-refractivity contribution >= 4 is 5.97 Å². The highest BCUT2D eigenvalue weighted by atomic mass is 16.5. The van der Waals surface area contributed by atoms with Crippen LogP contribution in [-0.4, -0.2) is 58.9 Å². The van der Waals surface area contributed by atoms with E-state index in [0.29, 0.717) is 19.6 Å². The molecule has 6 heteroatoms. The summed E-state index contributed by atoms with van der Waals surface area (Å²) in [4.78, 5) is 10.3. The van der Waals surface area contributed by atoms with E-state index in [9.17, 15) is 9.90 Å². The van der Waals surface area contributed by atoms with Crippen LogP contribution >= 0.6 is 0 Å². The highest BCUT2D eigenvalue weighted by Crippen LogP contribution is 2.14. The summed E-state index contributed by atoms with van der Waals surface area (Å²) < 4.78 is 4.63. The van der Waals surface area contributed by atoms with Crippen molar-refractivity contribution in [1.82, 2.24) is 0 Å². The number of hydrogen-bond acceptors (Lipinski definition) is 5. The van der Waals surface area contributed by atoms with Gasteiger partial charge in [-0.05, 0) is 19.3 Å². The molecule has 6 nitrogen and oxygen atoms in total. The Bertz CT molecular complexity index is 295. The third kappa shape index (κ3) is 30.1. The number of aliphatic carboxylic acids is 1. The lowest BCUT2D eigenvalue weighted by molar-refractivity contribution is -0.137. The van der Waals surface area contributed by atoms with E-state index in [1.807, 2.05) is 0 Å². The smallest absolute Gasteiger partial charge is 0.303 e. The maximum absolute atomic E-state index is 10.3. The van der Waals surface area contributed by atoms with E-state index in [1.165, 1.54) is 51.4 Å². The van der Waals surface area contributed by atoms with E-state index >= 15 is 0 Å². The number of carboxylic acid groups (broad SMARTS) is 1. The number of hydrogen-bond donors (Lipinski definition) is 4. The number of carboxylic acids is 1. The zero-order chi connectivity index (χ0) is 21.3. The Balaban J connectivity index is 0. The summed E-state index contributed by atoms with van der Waals surface area (Å²) in [6.07, 6.45) is 16.3. The fourth-order valence-electron chi connectivity index (χ4n) is 2.90. The van der Waals surface area contributed by atoms with Gasteiger partial charge in [0.25, 0.3) is 0 Å². The second kappa shape index (κ2) is 26.3. The lowest BCUT2D eigenvalue weighted by Gasteiger charge is -2.10. The molecule has 0 aliphatic rings. The zero-order valence-corrected chi connectivity index (χ0v) is 18.1. The molecule has 1 unspecified atom stereocenters. The Morgan fingerprint density at radius 1 is 0.750 bits per heavy atom. The largest absolute Gasteiger partial charge is 0.481 e. The van der Waals surface area contributed by atoms with Crippen LogP contribution in [0.5, 0.6) is 0 Å². The van der Waals surface area contributed by atoms with Crippen LogP contribution in [0, 0.1) is 0 Å². The molecule has 0 aromatic rings. The van der Waals surface area contributed by atoms with Gasteiger partial charge in [0.1, 0.15) is 0 Å². The summed E-state index contributed by atoms with van der Waals surface area (Å²) in [5.74, 6) is -0.678. The first-order valence-corrected chi connectivity index (χ1v) is 11.3. The quantitative estimate of drug-likeness (QED) is 0.225. The molecule has 0 amide bonds. The first-order valence-electron chi connectivity index (χ1n) is 11.3. The van der Waals surface area contributed by atoms with Gasteiger partial charge >= 0.3 is 5.97 Å². The molecule has 0 spiro atoms. The highest BCUT2D eigenvalue weighted by Gasteiger charge is 2.03. The van der Waals surface area contributed by atoms with Gasteiger partial charge in [-0.25, -0.2) is 0 Å². The standard InChI is InChI=1S/C18H36O3.C4H10O3/c1-2-3-4-11-14-17(19)15-12-9-7-5-6-8-10-13-16-18(20)21;5-1-3-7-4-2-6/h17,19H,2-16H2,1H3,(H,20,21);5-6H,1-4H2. The van der Waals surface area contributed by atoms with Gasteiger partial charge in [0.05, 0.1) is 32.5 Å². The van der Waals surface area contributed by atoms with Gasteiger partial charge in [0.15, 0.2) is 0 Å². The molecule has 28 heavy (non-hydrogen) atoms. The molecule has 0 aliphatic carbocycles. The molecule has 0 bridgehead atoms. The maximum atomic E-state index is 10.3. The van der Waals surface area contributed by atoms with Crippen molar-refractivity contribution in [3.63, 3.8) is 0 Å². The zero-order valence-electron chi connectivity index (χ0n) is 18.1. The van der Waals surface area contributed by atoms with Crippen molar-refractivity contribution in [2.75, 3.05) is 26.4 Å². The van der Waals surface area contributed by atoms with Gasteiger partial charge in [-0.15, -0.1) is 0 Å². The number of ether oxygens (including phenoxy) is 1. The molecular formula is C22H46O6.